The van der Waals surface area contributed by atoms with Gasteiger partial charge in [0.15, 0.2) is 0 Å². The lowest BCUT2D eigenvalue weighted by Gasteiger charge is -2.14. The van der Waals surface area contributed by atoms with Crippen molar-refractivity contribution in [3.8, 4) is 0 Å². The van der Waals surface area contributed by atoms with E-state index < -0.39 is 0 Å². The van der Waals surface area contributed by atoms with Crippen molar-refractivity contribution >= 4 is 11.6 Å². The van der Waals surface area contributed by atoms with Crippen molar-refractivity contribution in [2.75, 3.05) is 6.61 Å². The molecule has 1 aliphatic carbocycles. The molecule has 106 valence electrons. The molecule has 2 aliphatic rings. The fraction of sp³-hybridized carbons (Fsp3) is 0.222. The fourth-order valence-electron chi connectivity index (χ4n) is 2.20. The van der Waals surface area contributed by atoms with Gasteiger partial charge in [0, 0.05) is 11.1 Å². The zero-order chi connectivity index (χ0) is 14.7. The first-order chi connectivity index (χ1) is 10.2. The topological polar surface area (TPSA) is 34.0 Å². The van der Waals surface area contributed by atoms with Crippen molar-refractivity contribution in [2.24, 2.45) is 10.2 Å². The van der Waals surface area contributed by atoms with Crippen LogP contribution in [-0.2, 0) is 4.74 Å². The summed E-state index contributed by atoms with van der Waals surface area (Å²) in [6.45, 7) is 4.64. The molecule has 1 aromatic rings. The summed E-state index contributed by atoms with van der Waals surface area (Å²) in [5.41, 5.74) is 5.45. The molecule has 1 aliphatic heterocycles. The van der Waals surface area contributed by atoms with Gasteiger partial charge in [0.1, 0.15) is 12.3 Å². The van der Waals surface area contributed by atoms with Gasteiger partial charge in [-0.05, 0) is 26.3 Å². The molecule has 21 heavy (non-hydrogen) atoms. The second-order valence-corrected chi connectivity index (χ2v) is 5.35. The highest BCUT2D eigenvalue weighted by molar-refractivity contribution is 6.06. The van der Waals surface area contributed by atoms with E-state index in [4.69, 9.17) is 4.74 Å². The third kappa shape index (κ3) is 3.19. The Morgan fingerprint density at radius 3 is 2.52 bits per heavy atom. The molecule has 0 unspecified atom stereocenters. The van der Waals surface area contributed by atoms with Gasteiger partial charge in [0.25, 0.3) is 0 Å². The average molecular weight is 278 g/mol. The lowest BCUT2D eigenvalue weighted by molar-refractivity contribution is 0.357. The van der Waals surface area contributed by atoms with E-state index in [1.165, 1.54) is 11.1 Å². The van der Waals surface area contributed by atoms with Crippen LogP contribution >= 0.6 is 0 Å². The quantitative estimate of drug-likeness (QED) is 0.806. The van der Waals surface area contributed by atoms with Crippen LogP contribution in [0.15, 0.2) is 69.9 Å². The molecule has 1 aromatic carbocycles. The van der Waals surface area contributed by atoms with Crippen molar-refractivity contribution in [1.82, 2.24) is 0 Å². The maximum absolute atomic E-state index is 5.78. The number of aryl methyl sites for hydroxylation is 1. The second kappa shape index (κ2) is 5.92. The first-order valence-corrected chi connectivity index (χ1v) is 7.11. The largest absolute Gasteiger partial charge is 0.470 e. The SMILES string of the molecule is CC1=CC=C(C2=NN=C(c3ccc(C)cc3)CO2)C=CC1. The first-order valence-electron chi connectivity index (χ1n) is 7.11. The highest BCUT2D eigenvalue weighted by atomic mass is 16.5. The third-order valence-corrected chi connectivity index (χ3v) is 3.52. The van der Waals surface area contributed by atoms with Gasteiger partial charge in [-0.3, -0.25) is 0 Å². The lowest BCUT2D eigenvalue weighted by atomic mass is 10.1. The summed E-state index contributed by atoms with van der Waals surface area (Å²) in [4.78, 5) is 0. The molecule has 0 N–H and O–H groups in total. The highest BCUT2D eigenvalue weighted by Gasteiger charge is 2.15. The van der Waals surface area contributed by atoms with E-state index >= 15 is 0 Å². The van der Waals surface area contributed by atoms with E-state index in [0.717, 1.165) is 23.3 Å². The van der Waals surface area contributed by atoms with Crippen molar-refractivity contribution in [2.45, 2.75) is 20.3 Å². The summed E-state index contributed by atoms with van der Waals surface area (Å²) in [6.07, 6.45) is 9.25. The van der Waals surface area contributed by atoms with Crippen LogP contribution in [0.25, 0.3) is 0 Å². The molecule has 0 saturated carbocycles. The monoisotopic (exact) mass is 278 g/mol. The summed E-state index contributed by atoms with van der Waals surface area (Å²) in [5, 5.41) is 8.55. The predicted octanol–water partition coefficient (Wildman–Crippen LogP) is 3.96. The molecule has 0 bridgehead atoms. The Kier molecular flexibility index (Phi) is 3.82. The molecular weight excluding hydrogens is 260 g/mol. The van der Waals surface area contributed by atoms with E-state index in [0.29, 0.717) is 12.5 Å². The maximum atomic E-state index is 5.78. The van der Waals surface area contributed by atoms with Crippen LogP contribution in [0.5, 0.6) is 0 Å². The van der Waals surface area contributed by atoms with Crippen LogP contribution < -0.4 is 0 Å². The summed E-state index contributed by atoms with van der Waals surface area (Å²) in [6, 6.07) is 8.24. The van der Waals surface area contributed by atoms with Gasteiger partial charge >= 0.3 is 0 Å². The number of ether oxygens (including phenoxy) is 1. The van der Waals surface area contributed by atoms with E-state index in [2.05, 4.69) is 60.5 Å². The first kappa shape index (κ1) is 13.6. The number of allylic oxidation sites excluding steroid dienone is 4. The van der Waals surface area contributed by atoms with Gasteiger partial charge in [-0.25, -0.2) is 0 Å². The van der Waals surface area contributed by atoms with Gasteiger partial charge < -0.3 is 4.74 Å². The molecule has 0 spiro atoms. The van der Waals surface area contributed by atoms with Crippen molar-refractivity contribution in [3.05, 3.63) is 70.8 Å². The predicted molar refractivity (Wildman–Crippen MR) is 86.7 cm³/mol. The smallest absolute Gasteiger partial charge is 0.241 e. The molecule has 3 nitrogen and oxygen atoms in total. The molecule has 0 amide bonds. The van der Waals surface area contributed by atoms with Gasteiger partial charge in [0.2, 0.25) is 5.90 Å². The van der Waals surface area contributed by atoms with Gasteiger partial charge in [-0.15, -0.1) is 10.2 Å². The number of rotatable bonds is 2. The van der Waals surface area contributed by atoms with Crippen LogP contribution in [0.1, 0.15) is 24.5 Å². The Bertz CT molecular complexity index is 688. The lowest BCUT2D eigenvalue weighted by Crippen LogP contribution is -2.20. The Hall–Kier alpha value is -2.42. The Morgan fingerprint density at radius 2 is 1.81 bits per heavy atom. The number of nitrogens with zero attached hydrogens (tertiary/aromatic N) is 2. The van der Waals surface area contributed by atoms with Crippen molar-refractivity contribution in [1.29, 1.82) is 0 Å². The van der Waals surface area contributed by atoms with Crippen LogP contribution in [0, 0.1) is 6.92 Å². The van der Waals surface area contributed by atoms with Gasteiger partial charge in [-0.2, -0.15) is 0 Å². The minimum absolute atomic E-state index is 0.454. The van der Waals surface area contributed by atoms with Crippen LogP contribution in [-0.4, -0.2) is 18.2 Å². The summed E-state index contributed by atoms with van der Waals surface area (Å²) < 4.78 is 5.78. The van der Waals surface area contributed by atoms with Crippen LogP contribution in [0.2, 0.25) is 0 Å². The third-order valence-electron chi connectivity index (χ3n) is 3.52. The fourth-order valence-corrected chi connectivity index (χ4v) is 2.20. The normalized spacial score (nSPS) is 18.0. The molecule has 3 heteroatoms. The number of benzene rings is 1. The van der Waals surface area contributed by atoms with Crippen LogP contribution in [0.4, 0.5) is 0 Å². The standard InChI is InChI=1S/C18H18N2O/c1-13-4-3-5-16(11-8-13)18-20-19-17(12-21-18)15-9-6-14(2)7-10-15/h3,5-11H,4,12H2,1-2H3. The van der Waals surface area contributed by atoms with E-state index in [-0.39, 0.29) is 0 Å². The number of hydrogen-bond acceptors (Lipinski definition) is 3. The Morgan fingerprint density at radius 1 is 1.00 bits per heavy atom. The minimum atomic E-state index is 0.454. The molecule has 0 aromatic heterocycles. The summed E-state index contributed by atoms with van der Waals surface area (Å²) in [7, 11) is 0. The molecule has 0 fully saturated rings. The molecule has 3 rings (SSSR count). The van der Waals surface area contributed by atoms with Crippen LogP contribution in [0.3, 0.4) is 0 Å². The molecule has 0 atom stereocenters. The highest BCUT2D eigenvalue weighted by Crippen LogP contribution is 2.16. The molecule has 0 saturated heterocycles. The zero-order valence-corrected chi connectivity index (χ0v) is 12.3. The van der Waals surface area contributed by atoms with E-state index in [9.17, 15) is 0 Å². The Balaban J connectivity index is 1.84. The Labute approximate surface area is 125 Å². The molecule has 1 heterocycles. The molecular formula is C18H18N2O. The molecule has 0 radical (unpaired) electrons. The van der Waals surface area contributed by atoms with Crippen molar-refractivity contribution in [3.63, 3.8) is 0 Å². The van der Waals surface area contributed by atoms with E-state index in [1.807, 2.05) is 12.2 Å². The summed E-state index contributed by atoms with van der Waals surface area (Å²) in [5.74, 6) is 0.591. The number of hydrogen-bond donors (Lipinski definition) is 0. The zero-order valence-electron chi connectivity index (χ0n) is 12.3. The minimum Gasteiger partial charge on any atom is -0.470 e. The second-order valence-electron chi connectivity index (χ2n) is 5.35. The maximum Gasteiger partial charge on any atom is 0.241 e. The van der Waals surface area contributed by atoms with Gasteiger partial charge in [0.05, 0.1) is 0 Å². The van der Waals surface area contributed by atoms with Crippen molar-refractivity contribution < 1.29 is 4.74 Å². The van der Waals surface area contributed by atoms with E-state index in [1.54, 1.807) is 0 Å². The average Bonchev–Trinajstić information content (AvgIpc) is 2.73. The summed E-state index contributed by atoms with van der Waals surface area (Å²) >= 11 is 0. The van der Waals surface area contributed by atoms with Gasteiger partial charge in [-0.1, -0.05) is 53.6 Å².